The van der Waals surface area contributed by atoms with Gasteiger partial charge in [0.25, 0.3) is 0 Å². The van der Waals surface area contributed by atoms with Crippen molar-refractivity contribution in [3.05, 3.63) is 11.6 Å². The molecule has 9 nitrogen and oxygen atoms in total. The highest BCUT2D eigenvalue weighted by Crippen LogP contribution is 2.33. The number of aliphatic hydroxyl groups excluding tert-OH is 2. The fraction of sp³-hybridized carbons (Fsp3) is 0.667. The molecule has 0 aromatic carbocycles. The minimum absolute atomic E-state index is 0.00120. The first-order valence-electron chi connectivity index (χ1n) is 8.47. The lowest BCUT2D eigenvalue weighted by Gasteiger charge is -2.17. The van der Waals surface area contributed by atoms with Crippen molar-refractivity contribution in [1.29, 1.82) is 0 Å². The van der Waals surface area contributed by atoms with Gasteiger partial charge in [0.1, 0.15) is 18.3 Å². The molecule has 26 heavy (non-hydrogen) atoms. The first-order chi connectivity index (χ1) is 12.6. The third-order valence-corrected chi connectivity index (χ3v) is 5.26. The average Bonchev–Trinajstić information content (AvgIpc) is 3.34. The van der Waals surface area contributed by atoms with E-state index in [-0.39, 0.29) is 17.3 Å². The molecule has 3 heterocycles. The van der Waals surface area contributed by atoms with Gasteiger partial charge in [0, 0.05) is 0 Å². The first-order valence-corrected chi connectivity index (χ1v) is 9.39. The van der Waals surface area contributed by atoms with Crippen LogP contribution in [0.15, 0.2) is 6.33 Å². The maximum atomic E-state index is 10.3. The van der Waals surface area contributed by atoms with E-state index in [0.717, 1.165) is 25.7 Å². The van der Waals surface area contributed by atoms with Crippen LogP contribution in [0.3, 0.4) is 0 Å². The zero-order valence-corrected chi connectivity index (χ0v) is 15.3. The molecule has 2 aliphatic rings. The molecule has 1 saturated carbocycles. The monoisotopic (exact) mass is 403 g/mol. The molecule has 4 rings (SSSR count). The van der Waals surface area contributed by atoms with Crippen molar-refractivity contribution >= 4 is 40.2 Å². The van der Waals surface area contributed by atoms with Gasteiger partial charge >= 0.3 is 0 Å². The Labute approximate surface area is 159 Å². The van der Waals surface area contributed by atoms with Crippen molar-refractivity contribution in [2.45, 2.75) is 56.3 Å². The molecule has 4 atom stereocenters. The third kappa shape index (κ3) is 3.23. The van der Waals surface area contributed by atoms with Crippen molar-refractivity contribution in [2.75, 3.05) is 11.4 Å². The fourth-order valence-corrected chi connectivity index (χ4v) is 3.80. The summed E-state index contributed by atoms with van der Waals surface area (Å²) in [5, 5.41) is 20.3. The zero-order chi connectivity index (χ0) is 18.3. The largest absolute Gasteiger partial charge is 0.387 e. The van der Waals surface area contributed by atoms with E-state index in [1.807, 2.05) is 0 Å². The summed E-state index contributed by atoms with van der Waals surface area (Å²) in [5.41, 5.74) is 3.61. The van der Waals surface area contributed by atoms with Gasteiger partial charge < -0.3 is 14.9 Å². The number of nitrogens with zero attached hydrogens (tertiary/aromatic N) is 4. The second-order valence-corrected chi connectivity index (χ2v) is 7.14. The summed E-state index contributed by atoms with van der Waals surface area (Å²) in [5.74, 6) is 0.395. The van der Waals surface area contributed by atoms with E-state index in [9.17, 15) is 10.2 Å². The number of aliphatic hydroxyl groups is 2. The van der Waals surface area contributed by atoms with Crippen molar-refractivity contribution in [3.63, 3.8) is 0 Å². The second-order valence-electron chi connectivity index (χ2n) is 6.49. The number of fused-ring (bicyclic) bond motifs is 1. The molecule has 0 unspecified atom stereocenters. The van der Waals surface area contributed by atoms with Gasteiger partial charge in [-0.25, -0.2) is 10.5 Å². The summed E-state index contributed by atoms with van der Waals surface area (Å²) in [6.45, 7) is 0. The minimum Gasteiger partial charge on any atom is -0.387 e. The van der Waals surface area contributed by atoms with E-state index in [4.69, 9.17) is 32.8 Å². The van der Waals surface area contributed by atoms with Crippen molar-refractivity contribution < 1.29 is 19.8 Å². The van der Waals surface area contributed by atoms with Crippen LogP contribution in [0, 0.1) is 0 Å². The highest BCUT2D eigenvalue weighted by molar-refractivity contribution is 6.28. The molecule has 0 spiro atoms. The molecule has 1 aliphatic heterocycles. The van der Waals surface area contributed by atoms with Gasteiger partial charge in [0.15, 0.2) is 23.2 Å². The Morgan fingerprint density at radius 2 is 2.04 bits per heavy atom. The molecule has 1 saturated heterocycles. The lowest BCUT2D eigenvalue weighted by Crippen LogP contribution is -2.32. The van der Waals surface area contributed by atoms with Crippen molar-refractivity contribution in [2.24, 2.45) is 0 Å². The predicted octanol–water partition coefficient (Wildman–Crippen LogP) is 1.62. The number of imidazole rings is 1. The quantitative estimate of drug-likeness (QED) is 0.391. The topological polar surface area (TPSA) is 115 Å². The van der Waals surface area contributed by atoms with E-state index in [1.54, 1.807) is 0 Å². The minimum atomic E-state index is -1.17. The fourth-order valence-electron chi connectivity index (χ4n) is 3.38. The van der Waals surface area contributed by atoms with Gasteiger partial charge in [0.05, 0.1) is 18.3 Å². The molecule has 2 aromatic heterocycles. The molecule has 0 amide bonds. The highest BCUT2D eigenvalue weighted by Gasteiger charge is 2.44. The zero-order valence-electron chi connectivity index (χ0n) is 13.8. The van der Waals surface area contributed by atoms with Crippen LogP contribution in [0.1, 0.15) is 31.9 Å². The molecule has 2 fully saturated rings. The second kappa shape index (κ2) is 7.41. The van der Waals surface area contributed by atoms with Gasteiger partial charge in [-0.3, -0.25) is 9.40 Å². The van der Waals surface area contributed by atoms with Crippen LogP contribution in [0.2, 0.25) is 5.28 Å². The number of halogens is 2. The van der Waals surface area contributed by atoms with Crippen molar-refractivity contribution in [1.82, 2.24) is 19.5 Å². The smallest absolute Gasteiger partial charge is 0.226 e. The molecule has 1 aliphatic carbocycles. The van der Waals surface area contributed by atoms with E-state index in [1.165, 1.54) is 10.9 Å². The van der Waals surface area contributed by atoms with Crippen molar-refractivity contribution in [3.8, 4) is 0 Å². The van der Waals surface area contributed by atoms with Crippen LogP contribution < -0.4 is 5.48 Å². The Balaban J connectivity index is 1.63. The van der Waals surface area contributed by atoms with Gasteiger partial charge in [0.2, 0.25) is 5.28 Å². The number of hydrogen-bond acceptors (Lipinski definition) is 8. The summed E-state index contributed by atoms with van der Waals surface area (Å²) in [7, 11) is 0. The maximum absolute atomic E-state index is 10.3. The molecule has 11 heteroatoms. The van der Waals surface area contributed by atoms with Gasteiger partial charge in [-0.1, -0.05) is 12.8 Å². The molecule has 3 N–H and O–H groups in total. The predicted molar refractivity (Wildman–Crippen MR) is 93.9 cm³/mol. The maximum Gasteiger partial charge on any atom is 0.226 e. The number of ether oxygens (including phenoxy) is 1. The van der Waals surface area contributed by atoms with E-state index < -0.39 is 24.5 Å². The lowest BCUT2D eigenvalue weighted by atomic mass is 10.1. The molecule has 0 bridgehead atoms. The van der Waals surface area contributed by atoms with Gasteiger partial charge in [-0.2, -0.15) is 9.97 Å². The Hall–Kier alpha value is -1.23. The molecular formula is C15H19Cl2N5O4. The average molecular weight is 404 g/mol. The molecular weight excluding hydrogens is 385 g/mol. The highest BCUT2D eigenvalue weighted by atomic mass is 35.5. The lowest BCUT2D eigenvalue weighted by molar-refractivity contribution is -0.0291. The number of hydrogen-bond donors (Lipinski definition) is 3. The molecule has 0 radical (unpaired) electrons. The summed E-state index contributed by atoms with van der Waals surface area (Å²) >= 11 is 11.8. The summed E-state index contributed by atoms with van der Waals surface area (Å²) in [6.07, 6.45) is 2.00. The Kier molecular flexibility index (Phi) is 5.18. The van der Waals surface area contributed by atoms with Crippen LogP contribution in [0.5, 0.6) is 0 Å². The Morgan fingerprint density at radius 1 is 1.27 bits per heavy atom. The normalized spacial score (nSPS) is 29.7. The van der Waals surface area contributed by atoms with Crippen LogP contribution in [-0.2, 0) is 9.57 Å². The van der Waals surface area contributed by atoms with E-state index >= 15 is 0 Å². The van der Waals surface area contributed by atoms with Crippen LogP contribution in [0.4, 0.5) is 5.82 Å². The standard InChI is InChI=1S/C15H19Cl2N5O4/c16-5-8-10(23)11(24)14(25-8)22-6-18-9-12(19-15(17)20-13(9)22)21-26-7-3-1-2-4-7/h6-8,10-11,14,23-24H,1-5H2,(H,19,20,21)/t8-,10-,11-,14-/m1/s1. The van der Waals surface area contributed by atoms with Gasteiger partial charge in [-0.05, 0) is 24.4 Å². The van der Waals surface area contributed by atoms with Crippen LogP contribution >= 0.6 is 23.2 Å². The van der Waals surface area contributed by atoms with Crippen LogP contribution in [-0.4, -0.2) is 60.0 Å². The molecule has 2 aromatic rings. The number of aromatic nitrogens is 4. The summed E-state index contributed by atoms with van der Waals surface area (Å²) in [6, 6.07) is 0. The Morgan fingerprint density at radius 3 is 2.73 bits per heavy atom. The summed E-state index contributed by atoms with van der Waals surface area (Å²) < 4.78 is 7.15. The van der Waals surface area contributed by atoms with E-state index in [2.05, 4.69) is 20.4 Å². The third-order valence-electron chi connectivity index (χ3n) is 4.78. The van der Waals surface area contributed by atoms with E-state index in [0.29, 0.717) is 17.0 Å². The SMILES string of the molecule is O[C@@H]1[C@H](O)[C@@H](CCl)O[C@H]1n1cnc2c(NOC3CCCC3)nc(Cl)nc21. The molecule has 142 valence electrons. The summed E-state index contributed by atoms with van der Waals surface area (Å²) in [4.78, 5) is 18.3. The number of rotatable bonds is 5. The first kappa shape index (κ1) is 18.1. The number of anilines is 1. The van der Waals surface area contributed by atoms with Gasteiger partial charge in [-0.15, -0.1) is 11.6 Å². The Bertz CT molecular complexity index is 785. The number of nitrogens with one attached hydrogen (secondary N) is 1. The van der Waals surface area contributed by atoms with Crippen LogP contribution in [0.25, 0.3) is 11.2 Å². The number of alkyl halides is 1.